The summed E-state index contributed by atoms with van der Waals surface area (Å²) < 4.78 is 1.83. The Hall–Kier alpha value is -2.89. The van der Waals surface area contributed by atoms with Gasteiger partial charge in [0.15, 0.2) is 0 Å². The second kappa shape index (κ2) is 5.62. The van der Waals surface area contributed by atoms with E-state index in [0.717, 1.165) is 16.9 Å². The first-order valence-corrected chi connectivity index (χ1v) is 6.60. The standard InChI is InChI=1S/C15H15N5O/c1-11-14(9-16-19-11)15(21)18-13-5-2-4-12(8-13)10-20-7-3-6-17-20/h2-9H,10H2,1H3,(H,16,19)(H,18,21). The minimum Gasteiger partial charge on any atom is -0.322 e. The van der Waals surface area contributed by atoms with Crippen molar-refractivity contribution in [1.82, 2.24) is 20.0 Å². The van der Waals surface area contributed by atoms with Crippen molar-refractivity contribution < 1.29 is 4.79 Å². The van der Waals surface area contributed by atoms with Crippen LogP contribution in [-0.4, -0.2) is 25.9 Å². The molecule has 0 aliphatic rings. The predicted molar refractivity (Wildman–Crippen MR) is 79.0 cm³/mol. The SMILES string of the molecule is Cc1[nH]ncc1C(=O)Nc1cccc(Cn2cccn2)c1. The summed E-state index contributed by atoms with van der Waals surface area (Å²) in [5.74, 6) is -0.169. The monoisotopic (exact) mass is 281 g/mol. The Labute approximate surface area is 121 Å². The fourth-order valence-electron chi connectivity index (χ4n) is 2.11. The second-order valence-electron chi connectivity index (χ2n) is 4.77. The second-order valence-corrected chi connectivity index (χ2v) is 4.77. The van der Waals surface area contributed by atoms with Crippen molar-refractivity contribution in [2.24, 2.45) is 0 Å². The van der Waals surface area contributed by atoms with Gasteiger partial charge in [-0.1, -0.05) is 12.1 Å². The van der Waals surface area contributed by atoms with E-state index in [-0.39, 0.29) is 5.91 Å². The minimum atomic E-state index is -0.169. The molecule has 3 aromatic rings. The third-order valence-electron chi connectivity index (χ3n) is 3.16. The molecule has 2 heterocycles. The molecular formula is C15H15N5O. The molecule has 0 aliphatic carbocycles. The Morgan fingerprint density at radius 1 is 1.38 bits per heavy atom. The highest BCUT2D eigenvalue weighted by atomic mass is 16.1. The Morgan fingerprint density at radius 2 is 2.29 bits per heavy atom. The number of aromatic nitrogens is 4. The van der Waals surface area contributed by atoms with E-state index in [1.54, 1.807) is 6.20 Å². The van der Waals surface area contributed by atoms with Crippen LogP contribution in [0.3, 0.4) is 0 Å². The van der Waals surface area contributed by atoms with Crippen LogP contribution in [0.5, 0.6) is 0 Å². The number of nitrogens with zero attached hydrogens (tertiary/aromatic N) is 3. The molecule has 1 aromatic carbocycles. The van der Waals surface area contributed by atoms with Gasteiger partial charge in [0.2, 0.25) is 0 Å². The zero-order valence-electron chi connectivity index (χ0n) is 11.6. The fraction of sp³-hybridized carbons (Fsp3) is 0.133. The molecule has 2 N–H and O–H groups in total. The number of anilines is 1. The molecule has 3 rings (SSSR count). The quantitative estimate of drug-likeness (QED) is 0.770. The number of amides is 1. The van der Waals surface area contributed by atoms with E-state index in [0.29, 0.717) is 12.1 Å². The molecule has 0 fully saturated rings. The third kappa shape index (κ3) is 3.00. The van der Waals surface area contributed by atoms with Gasteiger partial charge < -0.3 is 5.32 Å². The smallest absolute Gasteiger partial charge is 0.259 e. The van der Waals surface area contributed by atoms with Crippen LogP contribution in [0, 0.1) is 6.92 Å². The Balaban J connectivity index is 1.74. The Morgan fingerprint density at radius 3 is 3.00 bits per heavy atom. The molecule has 6 nitrogen and oxygen atoms in total. The molecule has 0 radical (unpaired) electrons. The lowest BCUT2D eigenvalue weighted by atomic mass is 10.2. The van der Waals surface area contributed by atoms with Gasteiger partial charge >= 0.3 is 0 Å². The molecule has 0 spiro atoms. The molecule has 0 saturated carbocycles. The number of aromatic amines is 1. The first kappa shape index (κ1) is 13.1. The molecule has 6 heteroatoms. The minimum absolute atomic E-state index is 0.169. The van der Waals surface area contributed by atoms with E-state index in [1.165, 1.54) is 6.20 Å². The van der Waals surface area contributed by atoms with Gasteiger partial charge in [-0.2, -0.15) is 10.2 Å². The topological polar surface area (TPSA) is 75.6 Å². The van der Waals surface area contributed by atoms with Crippen molar-refractivity contribution in [3.05, 3.63) is 65.7 Å². The van der Waals surface area contributed by atoms with E-state index < -0.39 is 0 Å². The number of carbonyl (C=O) groups is 1. The number of hydrogen-bond acceptors (Lipinski definition) is 3. The zero-order valence-corrected chi connectivity index (χ0v) is 11.6. The zero-order chi connectivity index (χ0) is 14.7. The van der Waals surface area contributed by atoms with Crippen LogP contribution in [-0.2, 0) is 6.54 Å². The molecule has 1 amide bonds. The number of rotatable bonds is 4. The van der Waals surface area contributed by atoms with Crippen LogP contribution < -0.4 is 5.32 Å². The fourth-order valence-corrected chi connectivity index (χ4v) is 2.11. The Bertz CT molecular complexity index is 745. The molecule has 0 atom stereocenters. The van der Waals surface area contributed by atoms with Crippen molar-refractivity contribution >= 4 is 11.6 Å². The van der Waals surface area contributed by atoms with Crippen molar-refractivity contribution in [2.45, 2.75) is 13.5 Å². The highest BCUT2D eigenvalue weighted by molar-refractivity contribution is 6.04. The van der Waals surface area contributed by atoms with Crippen molar-refractivity contribution in [3.8, 4) is 0 Å². The lowest BCUT2D eigenvalue weighted by Gasteiger charge is -2.07. The van der Waals surface area contributed by atoms with Crippen molar-refractivity contribution in [3.63, 3.8) is 0 Å². The highest BCUT2D eigenvalue weighted by Crippen LogP contribution is 2.14. The van der Waals surface area contributed by atoms with E-state index >= 15 is 0 Å². The maximum absolute atomic E-state index is 12.1. The number of hydrogen-bond donors (Lipinski definition) is 2. The molecular weight excluding hydrogens is 266 g/mol. The molecule has 0 aliphatic heterocycles. The number of aryl methyl sites for hydroxylation is 1. The molecule has 106 valence electrons. The molecule has 0 bridgehead atoms. The van der Waals surface area contributed by atoms with Gasteiger partial charge in [0.25, 0.3) is 5.91 Å². The van der Waals surface area contributed by atoms with Crippen molar-refractivity contribution in [1.29, 1.82) is 0 Å². The number of nitrogens with one attached hydrogen (secondary N) is 2. The number of H-pyrrole nitrogens is 1. The first-order chi connectivity index (χ1) is 10.2. The van der Waals surface area contributed by atoms with Crippen LogP contribution in [0.4, 0.5) is 5.69 Å². The predicted octanol–water partition coefficient (Wildman–Crippen LogP) is 2.22. The molecule has 2 aromatic heterocycles. The first-order valence-electron chi connectivity index (χ1n) is 6.60. The van der Waals surface area contributed by atoms with Gasteiger partial charge in [-0.3, -0.25) is 14.6 Å². The summed E-state index contributed by atoms with van der Waals surface area (Å²) in [4.78, 5) is 12.1. The summed E-state index contributed by atoms with van der Waals surface area (Å²) in [5.41, 5.74) is 3.12. The van der Waals surface area contributed by atoms with E-state index in [2.05, 4.69) is 20.6 Å². The molecule has 0 saturated heterocycles. The highest BCUT2D eigenvalue weighted by Gasteiger charge is 2.11. The third-order valence-corrected chi connectivity index (χ3v) is 3.16. The van der Waals surface area contributed by atoms with Gasteiger partial charge in [0.1, 0.15) is 0 Å². The lowest BCUT2D eigenvalue weighted by molar-refractivity contribution is 0.102. The summed E-state index contributed by atoms with van der Waals surface area (Å²) in [6.45, 7) is 2.48. The molecule has 0 unspecified atom stereocenters. The average Bonchev–Trinajstić information content (AvgIpc) is 3.10. The molecule has 21 heavy (non-hydrogen) atoms. The van der Waals surface area contributed by atoms with Crippen molar-refractivity contribution in [2.75, 3.05) is 5.32 Å². The average molecular weight is 281 g/mol. The number of carbonyl (C=O) groups excluding carboxylic acids is 1. The van der Waals surface area contributed by atoms with Gasteiger partial charge in [-0.25, -0.2) is 0 Å². The normalized spacial score (nSPS) is 10.5. The summed E-state index contributed by atoms with van der Waals surface area (Å²) in [6, 6.07) is 9.60. The van der Waals surface area contributed by atoms with E-state index in [9.17, 15) is 4.79 Å². The van der Waals surface area contributed by atoms with Gasteiger partial charge in [0.05, 0.1) is 18.3 Å². The Kier molecular flexibility index (Phi) is 3.51. The summed E-state index contributed by atoms with van der Waals surface area (Å²) >= 11 is 0. The largest absolute Gasteiger partial charge is 0.322 e. The van der Waals surface area contributed by atoms with E-state index in [4.69, 9.17) is 0 Å². The van der Waals surface area contributed by atoms with Gasteiger partial charge in [-0.15, -0.1) is 0 Å². The maximum Gasteiger partial charge on any atom is 0.259 e. The van der Waals surface area contributed by atoms with Crippen LogP contribution in [0.25, 0.3) is 0 Å². The summed E-state index contributed by atoms with van der Waals surface area (Å²) in [5, 5.41) is 13.7. The van der Waals surface area contributed by atoms with Crippen LogP contribution in [0.15, 0.2) is 48.9 Å². The van der Waals surface area contributed by atoms with Crippen LogP contribution in [0.2, 0.25) is 0 Å². The van der Waals surface area contributed by atoms with Crippen LogP contribution in [0.1, 0.15) is 21.6 Å². The van der Waals surface area contributed by atoms with Gasteiger partial charge in [0, 0.05) is 23.8 Å². The lowest BCUT2D eigenvalue weighted by Crippen LogP contribution is -2.12. The summed E-state index contributed by atoms with van der Waals surface area (Å²) in [7, 11) is 0. The van der Waals surface area contributed by atoms with E-state index in [1.807, 2.05) is 48.1 Å². The number of benzene rings is 1. The summed E-state index contributed by atoms with van der Waals surface area (Å²) in [6.07, 6.45) is 5.17. The van der Waals surface area contributed by atoms with Gasteiger partial charge in [-0.05, 0) is 30.7 Å². The maximum atomic E-state index is 12.1. The van der Waals surface area contributed by atoms with Crippen LogP contribution >= 0.6 is 0 Å².